The molecular weight excluding hydrogens is 416 g/mol. The van der Waals surface area contributed by atoms with Gasteiger partial charge >= 0.3 is 0 Å². The summed E-state index contributed by atoms with van der Waals surface area (Å²) in [6.07, 6.45) is 0. The van der Waals surface area contributed by atoms with Crippen molar-refractivity contribution in [2.75, 3.05) is 0 Å². The second-order valence-electron chi connectivity index (χ2n) is 7.39. The van der Waals surface area contributed by atoms with Crippen molar-refractivity contribution in [3.05, 3.63) is 131 Å². The molecule has 0 saturated carbocycles. The minimum absolute atomic E-state index is 0.0958. The third kappa shape index (κ3) is 3.75. The summed E-state index contributed by atoms with van der Waals surface area (Å²) in [7, 11) is 0. The lowest BCUT2D eigenvalue weighted by atomic mass is 9.95. The van der Waals surface area contributed by atoms with Crippen molar-refractivity contribution < 1.29 is 4.79 Å². The van der Waals surface area contributed by atoms with Crippen molar-refractivity contribution in [1.82, 2.24) is 9.78 Å². The summed E-state index contributed by atoms with van der Waals surface area (Å²) in [5, 5.41) is 5.55. The number of halogens is 1. The normalized spacial score (nSPS) is 10.8. The monoisotopic (exact) mass is 434 g/mol. The van der Waals surface area contributed by atoms with Crippen LogP contribution in [0.4, 0.5) is 0 Å². The van der Waals surface area contributed by atoms with E-state index in [1.54, 1.807) is 24.3 Å². The fourth-order valence-electron chi connectivity index (χ4n) is 3.80. The Balaban J connectivity index is 1.84. The highest BCUT2D eigenvalue weighted by atomic mass is 35.5. The lowest BCUT2D eigenvalue weighted by Crippen LogP contribution is -2.05. The molecule has 154 valence electrons. The van der Waals surface area contributed by atoms with Crippen molar-refractivity contribution in [1.29, 1.82) is 0 Å². The summed E-state index contributed by atoms with van der Waals surface area (Å²) in [6, 6.07) is 36.6. The van der Waals surface area contributed by atoms with Gasteiger partial charge in [-0.15, -0.1) is 0 Å². The summed E-state index contributed by atoms with van der Waals surface area (Å²) in [6.45, 7) is 0. The van der Waals surface area contributed by atoms with Crippen LogP contribution in [0.1, 0.15) is 15.9 Å². The van der Waals surface area contributed by atoms with E-state index in [4.69, 9.17) is 16.7 Å². The van der Waals surface area contributed by atoms with Gasteiger partial charge in [0.15, 0.2) is 5.78 Å². The number of aromatic nitrogens is 2. The number of carbonyl (C=O) groups is 1. The van der Waals surface area contributed by atoms with E-state index in [2.05, 4.69) is 0 Å². The van der Waals surface area contributed by atoms with Crippen molar-refractivity contribution >= 4 is 17.4 Å². The third-order valence-electron chi connectivity index (χ3n) is 5.31. The number of nitrogens with zero attached hydrogens (tertiary/aromatic N) is 2. The molecule has 3 nitrogen and oxygen atoms in total. The highest BCUT2D eigenvalue weighted by molar-refractivity contribution is 6.30. The van der Waals surface area contributed by atoms with Crippen molar-refractivity contribution in [2.45, 2.75) is 0 Å². The van der Waals surface area contributed by atoms with E-state index in [0.29, 0.717) is 21.8 Å². The Kier molecular flexibility index (Phi) is 5.40. The van der Waals surface area contributed by atoms with Crippen LogP contribution in [0.5, 0.6) is 0 Å². The van der Waals surface area contributed by atoms with E-state index in [1.807, 2.05) is 95.7 Å². The van der Waals surface area contributed by atoms with Gasteiger partial charge in [-0.1, -0.05) is 90.5 Å². The first-order valence-electron chi connectivity index (χ1n) is 10.3. The Labute approximate surface area is 191 Å². The Morgan fingerprint density at radius 3 is 1.78 bits per heavy atom. The molecule has 32 heavy (non-hydrogen) atoms. The zero-order valence-electron chi connectivity index (χ0n) is 17.2. The van der Waals surface area contributed by atoms with Crippen LogP contribution in [-0.2, 0) is 0 Å². The Hall–Kier alpha value is -3.95. The Bertz CT molecular complexity index is 1360. The van der Waals surface area contributed by atoms with E-state index < -0.39 is 0 Å². The second kappa shape index (κ2) is 8.66. The molecule has 1 heterocycles. The summed E-state index contributed by atoms with van der Waals surface area (Å²) >= 11 is 6.07. The number of hydrogen-bond acceptors (Lipinski definition) is 2. The third-order valence-corrected chi connectivity index (χ3v) is 5.57. The lowest BCUT2D eigenvalue weighted by molar-refractivity contribution is 0.104. The largest absolute Gasteiger partial charge is 0.288 e. The van der Waals surface area contributed by atoms with Crippen LogP contribution in [0.2, 0.25) is 5.02 Å². The minimum atomic E-state index is -0.0958. The molecule has 0 fully saturated rings. The molecule has 1 aromatic heterocycles. The standard InChI is InChI=1S/C28H19ClN2O/c29-23-18-16-22(17-19-23)28(32)25-26(20-10-4-1-5-11-20)30-31(24-14-8-3-9-15-24)27(25)21-12-6-2-7-13-21/h1-19H. The summed E-state index contributed by atoms with van der Waals surface area (Å²) in [4.78, 5) is 13.9. The van der Waals surface area contributed by atoms with Crippen LogP contribution < -0.4 is 0 Å². The van der Waals surface area contributed by atoms with Gasteiger partial charge in [0, 0.05) is 21.7 Å². The molecule has 0 spiro atoms. The van der Waals surface area contributed by atoms with Crippen molar-refractivity contribution in [2.24, 2.45) is 0 Å². The number of hydrogen-bond donors (Lipinski definition) is 0. The molecule has 0 bridgehead atoms. The Morgan fingerprint density at radius 2 is 1.19 bits per heavy atom. The molecule has 0 aliphatic heterocycles. The molecule has 0 atom stereocenters. The van der Waals surface area contributed by atoms with Crippen molar-refractivity contribution in [3.8, 4) is 28.2 Å². The zero-order chi connectivity index (χ0) is 21.9. The van der Waals surface area contributed by atoms with Gasteiger partial charge in [-0.2, -0.15) is 5.10 Å². The van der Waals surface area contributed by atoms with Gasteiger partial charge in [0.1, 0.15) is 5.69 Å². The first-order chi connectivity index (χ1) is 15.7. The number of rotatable bonds is 5. The molecule has 0 aliphatic carbocycles. The number of para-hydroxylation sites is 1. The van der Waals surface area contributed by atoms with E-state index in [0.717, 1.165) is 22.5 Å². The predicted molar refractivity (Wildman–Crippen MR) is 129 cm³/mol. The fourth-order valence-corrected chi connectivity index (χ4v) is 3.92. The highest BCUT2D eigenvalue weighted by Crippen LogP contribution is 2.36. The number of carbonyl (C=O) groups excluding carboxylic acids is 1. The van der Waals surface area contributed by atoms with Crippen LogP contribution in [0.3, 0.4) is 0 Å². The molecule has 0 unspecified atom stereocenters. The molecule has 0 radical (unpaired) electrons. The maximum Gasteiger partial charge on any atom is 0.197 e. The predicted octanol–water partition coefficient (Wildman–Crippen LogP) is 7.09. The maximum atomic E-state index is 13.9. The molecule has 0 N–H and O–H groups in total. The summed E-state index contributed by atoms with van der Waals surface area (Å²) in [5.41, 5.74) is 5.23. The molecule has 4 heteroatoms. The van der Waals surface area contributed by atoms with Gasteiger partial charge in [-0.25, -0.2) is 4.68 Å². The molecule has 5 rings (SSSR count). The van der Waals surface area contributed by atoms with Gasteiger partial charge in [0.2, 0.25) is 0 Å². The molecule has 0 aliphatic rings. The summed E-state index contributed by atoms with van der Waals surface area (Å²) < 4.78 is 1.86. The molecule has 5 aromatic rings. The highest BCUT2D eigenvalue weighted by Gasteiger charge is 2.27. The molecular formula is C28H19ClN2O. The zero-order valence-corrected chi connectivity index (χ0v) is 17.9. The van der Waals surface area contributed by atoms with E-state index >= 15 is 0 Å². The van der Waals surface area contributed by atoms with Gasteiger partial charge in [-0.05, 0) is 36.4 Å². The minimum Gasteiger partial charge on any atom is -0.288 e. The molecule has 0 amide bonds. The van der Waals surface area contributed by atoms with E-state index in [9.17, 15) is 4.79 Å². The maximum absolute atomic E-state index is 13.9. The number of benzene rings is 4. The van der Waals surface area contributed by atoms with Crippen LogP contribution in [-0.4, -0.2) is 15.6 Å². The quantitative estimate of drug-likeness (QED) is 0.277. The van der Waals surface area contributed by atoms with Gasteiger partial charge in [0.05, 0.1) is 16.9 Å². The van der Waals surface area contributed by atoms with Crippen molar-refractivity contribution in [3.63, 3.8) is 0 Å². The summed E-state index contributed by atoms with van der Waals surface area (Å²) in [5.74, 6) is -0.0958. The second-order valence-corrected chi connectivity index (χ2v) is 7.82. The first-order valence-corrected chi connectivity index (χ1v) is 10.7. The van der Waals surface area contributed by atoms with Crippen LogP contribution >= 0.6 is 11.6 Å². The van der Waals surface area contributed by atoms with E-state index in [-0.39, 0.29) is 5.78 Å². The number of ketones is 1. The van der Waals surface area contributed by atoms with Crippen LogP contribution in [0.25, 0.3) is 28.2 Å². The average molecular weight is 435 g/mol. The first kappa shape index (κ1) is 20.0. The smallest absolute Gasteiger partial charge is 0.197 e. The van der Waals surface area contributed by atoms with E-state index in [1.165, 1.54) is 0 Å². The molecule has 4 aromatic carbocycles. The average Bonchev–Trinajstić information content (AvgIpc) is 3.26. The topological polar surface area (TPSA) is 34.9 Å². The van der Waals surface area contributed by atoms with Crippen LogP contribution in [0.15, 0.2) is 115 Å². The van der Waals surface area contributed by atoms with Gasteiger partial charge in [-0.3, -0.25) is 4.79 Å². The van der Waals surface area contributed by atoms with Crippen LogP contribution in [0, 0.1) is 0 Å². The Morgan fingerprint density at radius 1 is 0.656 bits per heavy atom. The fraction of sp³-hybridized carbons (Fsp3) is 0. The van der Waals surface area contributed by atoms with Gasteiger partial charge in [0.25, 0.3) is 0 Å². The lowest BCUT2D eigenvalue weighted by Gasteiger charge is -2.10. The SMILES string of the molecule is O=C(c1ccc(Cl)cc1)c1c(-c2ccccc2)nn(-c2ccccc2)c1-c1ccccc1. The van der Waals surface area contributed by atoms with Gasteiger partial charge < -0.3 is 0 Å². The molecule has 0 saturated heterocycles.